The molecule has 2 aromatic rings. The van der Waals surface area contributed by atoms with Crippen LogP contribution in [0.4, 0.5) is 5.69 Å². The van der Waals surface area contributed by atoms with E-state index in [1.54, 1.807) is 12.1 Å². The van der Waals surface area contributed by atoms with Gasteiger partial charge in [0.2, 0.25) is 0 Å². The molecule has 186 valence electrons. The fourth-order valence-electron chi connectivity index (χ4n) is 5.51. The van der Waals surface area contributed by atoms with Crippen molar-refractivity contribution in [1.82, 2.24) is 15.3 Å². The van der Waals surface area contributed by atoms with E-state index >= 15 is 0 Å². The van der Waals surface area contributed by atoms with Crippen LogP contribution in [0.1, 0.15) is 44.2 Å². The number of hydrogen-bond donors (Lipinski definition) is 1. The van der Waals surface area contributed by atoms with Crippen LogP contribution in [0.2, 0.25) is 15.1 Å². The van der Waals surface area contributed by atoms with Gasteiger partial charge in [-0.1, -0.05) is 66.7 Å². The van der Waals surface area contributed by atoms with Crippen LogP contribution in [0.25, 0.3) is 0 Å². The van der Waals surface area contributed by atoms with Crippen molar-refractivity contribution >= 4 is 52.1 Å². The van der Waals surface area contributed by atoms with Gasteiger partial charge in [-0.2, -0.15) is 5.10 Å². The lowest BCUT2D eigenvalue weighted by Gasteiger charge is -2.38. The van der Waals surface area contributed by atoms with Crippen molar-refractivity contribution in [2.75, 3.05) is 31.2 Å². The highest BCUT2D eigenvalue weighted by Gasteiger charge is 2.40. The normalized spacial score (nSPS) is 24.1. The summed E-state index contributed by atoms with van der Waals surface area (Å²) in [6.45, 7) is 5.62. The number of piperazine rings is 1. The van der Waals surface area contributed by atoms with Crippen molar-refractivity contribution in [1.29, 1.82) is 0 Å². The molecule has 1 saturated carbocycles. The second-order valence-electron chi connectivity index (χ2n) is 9.61. The molecule has 0 bridgehead atoms. The van der Waals surface area contributed by atoms with Gasteiger partial charge >= 0.3 is 0 Å². The largest absolute Gasteiger partial charge is 0.298 e. The van der Waals surface area contributed by atoms with E-state index in [1.807, 2.05) is 47.3 Å². The van der Waals surface area contributed by atoms with Crippen LogP contribution in [-0.4, -0.2) is 53.7 Å². The molecule has 1 saturated heterocycles. The van der Waals surface area contributed by atoms with Crippen molar-refractivity contribution in [2.24, 2.45) is 11.0 Å². The molecule has 2 aromatic carbocycles. The monoisotopic (exact) mass is 533 g/mol. The van der Waals surface area contributed by atoms with E-state index in [4.69, 9.17) is 39.9 Å². The first-order valence-electron chi connectivity index (χ1n) is 12.3. The zero-order chi connectivity index (χ0) is 24.5. The Balaban J connectivity index is 1.34. The van der Waals surface area contributed by atoms with E-state index in [2.05, 4.69) is 10.3 Å². The summed E-state index contributed by atoms with van der Waals surface area (Å²) in [7, 11) is 0. The van der Waals surface area contributed by atoms with Crippen LogP contribution in [0.15, 0.2) is 47.6 Å². The average molecular weight is 535 g/mol. The second-order valence-corrected chi connectivity index (χ2v) is 10.9. The van der Waals surface area contributed by atoms with E-state index in [1.165, 1.54) is 25.7 Å². The number of nitrogens with one attached hydrogen (secondary N) is 1. The predicted octanol–water partition coefficient (Wildman–Crippen LogP) is 5.79. The minimum absolute atomic E-state index is 0.164. The molecule has 1 N–H and O–H groups in total. The number of carbonyl (C=O) groups excluding carboxylic acids is 1. The van der Waals surface area contributed by atoms with Crippen LogP contribution in [0.3, 0.4) is 0 Å². The molecule has 35 heavy (non-hydrogen) atoms. The van der Waals surface area contributed by atoms with Gasteiger partial charge < -0.3 is 0 Å². The molecule has 0 spiro atoms. The maximum absolute atomic E-state index is 13.4. The van der Waals surface area contributed by atoms with Crippen molar-refractivity contribution < 1.29 is 4.79 Å². The Morgan fingerprint density at radius 2 is 1.60 bits per heavy atom. The maximum Gasteiger partial charge on any atom is 0.282 e. The van der Waals surface area contributed by atoms with Gasteiger partial charge in [0.15, 0.2) is 0 Å². The van der Waals surface area contributed by atoms with Gasteiger partial charge in [0.05, 0.1) is 16.8 Å². The number of rotatable bonds is 5. The maximum atomic E-state index is 13.4. The third-order valence-electron chi connectivity index (χ3n) is 7.40. The molecule has 2 fully saturated rings. The summed E-state index contributed by atoms with van der Waals surface area (Å²) >= 11 is 18.8. The van der Waals surface area contributed by atoms with Gasteiger partial charge in [0, 0.05) is 48.2 Å². The summed E-state index contributed by atoms with van der Waals surface area (Å²) < 4.78 is 0. The summed E-state index contributed by atoms with van der Waals surface area (Å²) in [4.78, 5) is 16.0. The minimum Gasteiger partial charge on any atom is -0.298 e. The Hall–Kier alpha value is -1.83. The quantitative estimate of drug-likeness (QED) is 0.527. The zero-order valence-corrected chi connectivity index (χ0v) is 22.0. The lowest BCUT2D eigenvalue weighted by Crippen LogP contribution is -2.56. The lowest BCUT2D eigenvalue weighted by molar-refractivity contribution is -0.120. The second kappa shape index (κ2) is 10.7. The van der Waals surface area contributed by atoms with E-state index in [0.717, 1.165) is 31.7 Å². The van der Waals surface area contributed by atoms with Crippen LogP contribution in [-0.2, 0) is 4.79 Å². The van der Waals surface area contributed by atoms with Crippen LogP contribution >= 0.6 is 34.8 Å². The fourth-order valence-corrected chi connectivity index (χ4v) is 6.13. The number of hydrazone groups is 1. The number of amides is 1. The van der Waals surface area contributed by atoms with Gasteiger partial charge in [0.25, 0.3) is 5.91 Å². The number of hydrazine groups is 1. The van der Waals surface area contributed by atoms with Crippen molar-refractivity contribution in [3.8, 4) is 0 Å². The summed E-state index contributed by atoms with van der Waals surface area (Å²) in [5, 5.41) is 10.3. The molecule has 2 atom stereocenters. The first kappa shape index (κ1) is 24.8. The summed E-state index contributed by atoms with van der Waals surface area (Å²) in [6, 6.07) is 13.5. The number of nitrogens with zero attached hydrogens (tertiary/aromatic N) is 4. The zero-order valence-electron chi connectivity index (χ0n) is 19.8. The molecule has 9 heteroatoms. The summed E-state index contributed by atoms with van der Waals surface area (Å²) in [5.41, 5.74) is 5.30. The lowest BCUT2D eigenvalue weighted by atomic mass is 9.91. The molecule has 0 unspecified atom stereocenters. The first-order chi connectivity index (χ1) is 16.9. The number of carbonyl (C=O) groups is 1. The number of halogens is 3. The van der Waals surface area contributed by atoms with E-state index < -0.39 is 0 Å². The van der Waals surface area contributed by atoms with Gasteiger partial charge in [-0.25, -0.2) is 5.01 Å². The molecule has 2 aliphatic heterocycles. The smallest absolute Gasteiger partial charge is 0.282 e. The SMILES string of the molecule is C[C@H]1C(C(=O)NN2CCN(C3CCCC3)CC2)=NN(c2ccc(Cl)cc2Cl)[C@H]1c1ccc(Cl)cc1. The third kappa shape index (κ3) is 5.32. The van der Waals surface area contributed by atoms with Crippen LogP contribution < -0.4 is 10.4 Å². The van der Waals surface area contributed by atoms with Crippen molar-refractivity contribution in [3.05, 3.63) is 63.1 Å². The molecule has 1 aliphatic carbocycles. The Labute approximate surface area is 221 Å². The van der Waals surface area contributed by atoms with E-state index in [-0.39, 0.29) is 17.9 Å². The summed E-state index contributed by atoms with van der Waals surface area (Å²) in [6.07, 6.45) is 5.27. The van der Waals surface area contributed by atoms with Crippen molar-refractivity contribution in [2.45, 2.75) is 44.7 Å². The highest BCUT2D eigenvalue weighted by Crippen LogP contribution is 2.42. The van der Waals surface area contributed by atoms with Gasteiger partial charge in [0.1, 0.15) is 5.71 Å². The van der Waals surface area contributed by atoms with Crippen molar-refractivity contribution in [3.63, 3.8) is 0 Å². The molecule has 0 radical (unpaired) electrons. The Bertz CT molecular complexity index is 1090. The highest BCUT2D eigenvalue weighted by molar-refractivity contribution is 6.41. The van der Waals surface area contributed by atoms with E-state index in [9.17, 15) is 4.79 Å². The first-order valence-corrected chi connectivity index (χ1v) is 13.4. The molecule has 3 aliphatic rings. The molecule has 2 heterocycles. The number of hydrogen-bond acceptors (Lipinski definition) is 5. The Morgan fingerprint density at radius 1 is 0.943 bits per heavy atom. The molecule has 6 nitrogen and oxygen atoms in total. The van der Waals surface area contributed by atoms with Crippen LogP contribution in [0.5, 0.6) is 0 Å². The molecule has 5 rings (SSSR count). The predicted molar refractivity (Wildman–Crippen MR) is 143 cm³/mol. The number of anilines is 1. The van der Waals surface area contributed by atoms with Gasteiger partial charge in [-0.3, -0.25) is 20.1 Å². The summed E-state index contributed by atoms with van der Waals surface area (Å²) in [5.74, 6) is -0.332. The molecule has 1 amide bonds. The Kier molecular flexibility index (Phi) is 7.56. The van der Waals surface area contributed by atoms with Gasteiger partial charge in [-0.15, -0.1) is 0 Å². The average Bonchev–Trinajstić information content (AvgIpc) is 3.49. The molecule has 0 aromatic heterocycles. The minimum atomic E-state index is -0.203. The Morgan fingerprint density at radius 3 is 2.26 bits per heavy atom. The number of benzene rings is 2. The highest BCUT2D eigenvalue weighted by atomic mass is 35.5. The topological polar surface area (TPSA) is 51.2 Å². The van der Waals surface area contributed by atoms with E-state index in [0.29, 0.717) is 32.5 Å². The molecular formula is C26H30Cl3N5O. The fraction of sp³-hybridized carbons (Fsp3) is 0.462. The third-order valence-corrected chi connectivity index (χ3v) is 8.19. The van der Waals surface area contributed by atoms with Gasteiger partial charge in [-0.05, 0) is 48.7 Å². The standard InChI is InChI=1S/C26H30Cl3N5O/c1-17-24(26(35)31-33-14-12-32(13-15-33)21-4-2-3-5-21)30-34(23-11-10-20(28)16-22(23)29)25(17)18-6-8-19(27)9-7-18/h6-11,16-17,21,25H,2-5,12-15H2,1H3,(H,31,35)/t17-,25+/m0/s1. The molecular weight excluding hydrogens is 505 g/mol. The van der Waals surface area contributed by atoms with Crippen LogP contribution in [0, 0.1) is 5.92 Å².